The van der Waals surface area contributed by atoms with Gasteiger partial charge in [0.1, 0.15) is 0 Å². The molecule has 1 aromatic carbocycles. The predicted octanol–water partition coefficient (Wildman–Crippen LogP) is 4.33. The van der Waals surface area contributed by atoms with Gasteiger partial charge in [-0.15, -0.1) is 5.10 Å². The smallest absolute Gasteiger partial charge is 0.453 e. The third-order valence-corrected chi connectivity index (χ3v) is 3.96. The van der Waals surface area contributed by atoms with E-state index in [-0.39, 0.29) is 28.4 Å². The van der Waals surface area contributed by atoms with Crippen molar-refractivity contribution in [3.8, 4) is 11.5 Å². The molecule has 0 aliphatic heterocycles. The lowest BCUT2D eigenvalue weighted by molar-refractivity contribution is -0.386. The van der Waals surface area contributed by atoms with E-state index < -0.39 is 22.6 Å². The van der Waals surface area contributed by atoms with Gasteiger partial charge in [0.15, 0.2) is 5.75 Å². The second kappa shape index (κ2) is 9.49. The van der Waals surface area contributed by atoms with E-state index in [1.54, 1.807) is 0 Å². The summed E-state index contributed by atoms with van der Waals surface area (Å²) in [6.45, 7) is 2.27. The highest BCUT2D eigenvalue weighted by molar-refractivity contribution is 7.71. The quantitative estimate of drug-likeness (QED) is 0.207. The van der Waals surface area contributed by atoms with Crippen LogP contribution in [0, 0.1) is 14.9 Å². The summed E-state index contributed by atoms with van der Waals surface area (Å²) in [6.07, 6.45) is -1.25. The van der Waals surface area contributed by atoms with Crippen LogP contribution in [0.4, 0.5) is 18.9 Å². The minimum atomic E-state index is -4.79. The van der Waals surface area contributed by atoms with Crippen molar-refractivity contribution in [1.82, 2.24) is 14.9 Å². The Labute approximate surface area is 168 Å². The number of hydrogen-bond acceptors (Lipinski definition) is 7. The van der Waals surface area contributed by atoms with Crippen LogP contribution >= 0.6 is 12.2 Å². The van der Waals surface area contributed by atoms with Gasteiger partial charge in [-0.2, -0.15) is 22.9 Å². The molecule has 1 heterocycles. The number of nitrogens with zero attached hydrogens (tertiary/aromatic N) is 4. The van der Waals surface area contributed by atoms with Gasteiger partial charge in [-0.25, -0.2) is 5.10 Å². The number of methoxy groups -OCH3 is 1. The average molecular weight is 433 g/mol. The van der Waals surface area contributed by atoms with E-state index in [1.165, 1.54) is 13.2 Å². The number of aromatic nitrogens is 3. The van der Waals surface area contributed by atoms with Crippen molar-refractivity contribution < 1.29 is 27.6 Å². The summed E-state index contributed by atoms with van der Waals surface area (Å²) in [5.74, 6) is -1.35. The van der Waals surface area contributed by atoms with Gasteiger partial charge in [0.25, 0.3) is 5.82 Å². The number of hydrogen-bond donors (Lipinski definition) is 1. The minimum Gasteiger partial charge on any atom is -0.493 e. The molecule has 1 aromatic heterocycles. The summed E-state index contributed by atoms with van der Waals surface area (Å²) in [4.78, 5) is 10.8. The number of nitro groups is 1. The molecule has 13 heteroatoms. The number of benzene rings is 1. The molecule has 0 bridgehead atoms. The molecule has 1 N–H and O–H groups in total. The summed E-state index contributed by atoms with van der Waals surface area (Å²) in [7, 11) is 1.30. The molecule has 0 amide bonds. The molecule has 158 valence electrons. The first kappa shape index (κ1) is 22.3. The second-order valence-electron chi connectivity index (χ2n) is 5.79. The molecule has 2 aromatic rings. The summed E-state index contributed by atoms with van der Waals surface area (Å²) < 4.78 is 49.5. The molecule has 0 aliphatic rings. The highest BCUT2D eigenvalue weighted by Crippen LogP contribution is 2.38. The Morgan fingerprint density at radius 2 is 2.14 bits per heavy atom. The largest absolute Gasteiger partial charge is 0.493 e. The third-order valence-electron chi connectivity index (χ3n) is 3.69. The zero-order valence-electron chi connectivity index (χ0n) is 15.5. The van der Waals surface area contributed by atoms with E-state index in [1.807, 2.05) is 12.0 Å². The number of unbranched alkanes of at least 4 members (excludes halogenated alkanes) is 2. The normalized spacial score (nSPS) is 11.8. The molecule has 0 atom stereocenters. The molecule has 2 rings (SSSR count). The fourth-order valence-electron chi connectivity index (χ4n) is 2.35. The van der Waals surface area contributed by atoms with E-state index >= 15 is 0 Å². The number of rotatable bonds is 9. The maximum absolute atomic E-state index is 13.0. The first-order valence-electron chi connectivity index (χ1n) is 8.47. The number of ether oxygens (including phenoxy) is 2. The molecule has 0 saturated heterocycles. The van der Waals surface area contributed by atoms with Crippen molar-refractivity contribution in [2.24, 2.45) is 5.10 Å². The molecule has 0 radical (unpaired) electrons. The predicted molar refractivity (Wildman–Crippen MR) is 100 cm³/mol. The molecule has 0 aliphatic carbocycles. The summed E-state index contributed by atoms with van der Waals surface area (Å²) in [5, 5.41) is 20.2. The maximum atomic E-state index is 13.0. The van der Waals surface area contributed by atoms with Gasteiger partial charge < -0.3 is 9.47 Å². The first-order chi connectivity index (χ1) is 13.7. The Morgan fingerprint density at radius 3 is 2.72 bits per heavy atom. The van der Waals surface area contributed by atoms with E-state index in [2.05, 4.69) is 10.2 Å². The van der Waals surface area contributed by atoms with Gasteiger partial charge in [-0.3, -0.25) is 10.1 Å². The standard InChI is InChI=1S/C16H18F3N5O4S/c1-3-4-5-6-28-13-11(24(25)26)7-10(8-12(13)27-2)9-20-23-14(16(17,18)19)21-22-15(23)29/h7-9H,3-6H2,1-2H3,(H,22,29)/b20-9-. The summed E-state index contributed by atoms with van der Waals surface area (Å²) in [5.41, 5.74) is -0.278. The van der Waals surface area contributed by atoms with Crippen LogP contribution in [0.1, 0.15) is 37.6 Å². The van der Waals surface area contributed by atoms with E-state index in [9.17, 15) is 23.3 Å². The molecule has 0 fully saturated rings. The molecule has 9 nitrogen and oxygen atoms in total. The molecule has 0 unspecified atom stereocenters. The number of H-pyrrole nitrogens is 1. The monoisotopic (exact) mass is 433 g/mol. The van der Waals surface area contributed by atoms with Crippen molar-refractivity contribution in [2.75, 3.05) is 13.7 Å². The Kier molecular flexibility index (Phi) is 7.31. The molecule has 0 saturated carbocycles. The lowest BCUT2D eigenvalue weighted by atomic mass is 10.2. The van der Waals surface area contributed by atoms with E-state index in [4.69, 9.17) is 21.7 Å². The zero-order valence-corrected chi connectivity index (χ0v) is 16.3. The molecular formula is C16H18F3N5O4S. The lowest BCUT2D eigenvalue weighted by Gasteiger charge is -2.11. The van der Waals surface area contributed by atoms with Crippen LogP contribution in [0.2, 0.25) is 0 Å². The molecule has 29 heavy (non-hydrogen) atoms. The van der Waals surface area contributed by atoms with Gasteiger partial charge in [0, 0.05) is 11.6 Å². The van der Waals surface area contributed by atoms with Crippen molar-refractivity contribution in [2.45, 2.75) is 32.4 Å². The Balaban J connectivity index is 2.41. The lowest BCUT2D eigenvalue weighted by Crippen LogP contribution is -2.12. The topological polar surface area (TPSA) is 108 Å². The summed E-state index contributed by atoms with van der Waals surface area (Å²) >= 11 is 4.74. The Hall–Kier alpha value is -2.96. The van der Waals surface area contributed by atoms with Crippen LogP contribution in [0.15, 0.2) is 17.2 Å². The SMILES string of the molecule is CCCCCOc1c(OC)cc(/C=N\n2c(C(F)(F)F)n[nH]c2=S)cc1[N+](=O)[O-]. The van der Waals surface area contributed by atoms with E-state index in [0.29, 0.717) is 11.1 Å². The molecule has 0 spiro atoms. The molecular weight excluding hydrogens is 415 g/mol. The zero-order chi connectivity index (χ0) is 21.6. The van der Waals surface area contributed by atoms with Crippen molar-refractivity contribution >= 4 is 24.1 Å². The van der Waals surface area contributed by atoms with Gasteiger partial charge in [0.05, 0.1) is 24.9 Å². The minimum absolute atomic E-state index is 0.0540. The second-order valence-corrected chi connectivity index (χ2v) is 6.18. The average Bonchev–Trinajstić information content (AvgIpc) is 3.04. The Bertz CT molecular complexity index is 955. The van der Waals surface area contributed by atoms with Gasteiger partial charge >= 0.3 is 11.9 Å². The van der Waals surface area contributed by atoms with Crippen LogP contribution in [-0.2, 0) is 6.18 Å². The van der Waals surface area contributed by atoms with E-state index in [0.717, 1.165) is 25.1 Å². The van der Waals surface area contributed by atoms with Crippen LogP contribution in [-0.4, -0.2) is 39.7 Å². The van der Waals surface area contributed by atoms with Crippen LogP contribution in [0.3, 0.4) is 0 Å². The van der Waals surface area contributed by atoms with Gasteiger partial charge in [-0.1, -0.05) is 19.8 Å². The maximum Gasteiger partial charge on any atom is 0.453 e. The van der Waals surface area contributed by atoms with Crippen LogP contribution in [0.25, 0.3) is 0 Å². The third kappa shape index (κ3) is 5.53. The van der Waals surface area contributed by atoms with Crippen molar-refractivity contribution in [3.05, 3.63) is 38.4 Å². The number of nitro benzene ring substituents is 1. The summed E-state index contributed by atoms with van der Waals surface area (Å²) in [6, 6.07) is 2.49. The number of aromatic amines is 1. The van der Waals surface area contributed by atoms with Gasteiger partial charge in [0.2, 0.25) is 10.5 Å². The fraction of sp³-hybridized carbons (Fsp3) is 0.438. The Morgan fingerprint density at radius 1 is 1.41 bits per heavy atom. The van der Waals surface area contributed by atoms with Crippen LogP contribution in [0.5, 0.6) is 11.5 Å². The van der Waals surface area contributed by atoms with Gasteiger partial charge in [-0.05, 0) is 24.7 Å². The number of halogens is 3. The fourth-order valence-corrected chi connectivity index (χ4v) is 2.53. The van der Waals surface area contributed by atoms with Crippen molar-refractivity contribution in [3.63, 3.8) is 0 Å². The number of nitrogens with one attached hydrogen (secondary N) is 1. The van der Waals surface area contributed by atoms with Crippen LogP contribution < -0.4 is 9.47 Å². The highest BCUT2D eigenvalue weighted by atomic mass is 32.1. The van der Waals surface area contributed by atoms with Crippen molar-refractivity contribution in [1.29, 1.82) is 0 Å². The highest BCUT2D eigenvalue weighted by Gasteiger charge is 2.37. The first-order valence-corrected chi connectivity index (χ1v) is 8.88. The number of alkyl halides is 3.